The molecular formula is C17H17FN4O2. The maximum absolute atomic E-state index is 13.9. The van der Waals surface area contributed by atoms with Crippen molar-refractivity contribution in [3.63, 3.8) is 0 Å². The summed E-state index contributed by atoms with van der Waals surface area (Å²) in [5.74, 6) is -0.695. The van der Waals surface area contributed by atoms with E-state index >= 15 is 0 Å². The second kappa shape index (κ2) is 5.76. The Balaban J connectivity index is 1.76. The highest BCUT2D eigenvalue weighted by molar-refractivity contribution is 6.05. The van der Waals surface area contributed by atoms with Crippen LogP contribution in [-0.2, 0) is 11.8 Å². The lowest BCUT2D eigenvalue weighted by Crippen LogP contribution is -2.44. The normalized spacial score (nSPS) is 18.2. The fraction of sp³-hybridized carbons (Fsp3) is 0.294. The second-order valence-corrected chi connectivity index (χ2v) is 5.89. The average molecular weight is 328 g/mol. The van der Waals surface area contributed by atoms with Gasteiger partial charge in [0.15, 0.2) is 0 Å². The number of carbonyl (C=O) groups excluding carboxylic acids is 1. The molecule has 124 valence electrons. The van der Waals surface area contributed by atoms with E-state index in [1.807, 2.05) is 29.9 Å². The van der Waals surface area contributed by atoms with E-state index in [4.69, 9.17) is 4.74 Å². The first-order valence-corrected chi connectivity index (χ1v) is 7.77. The van der Waals surface area contributed by atoms with E-state index in [0.717, 1.165) is 5.69 Å². The summed E-state index contributed by atoms with van der Waals surface area (Å²) >= 11 is 0. The van der Waals surface area contributed by atoms with Crippen molar-refractivity contribution >= 4 is 16.9 Å². The lowest BCUT2D eigenvalue weighted by molar-refractivity contribution is -0.00455. The summed E-state index contributed by atoms with van der Waals surface area (Å²) in [5, 5.41) is 0. The number of hydrogen-bond acceptors (Lipinski definition) is 3. The lowest BCUT2D eigenvalue weighted by Gasteiger charge is -2.36. The zero-order valence-electron chi connectivity index (χ0n) is 13.2. The minimum atomic E-state index is -0.459. The number of aryl methyl sites for hydroxylation is 1. The van der Waals surface area contributed by atoms with Crippen molar-refractivity contribution in [3.05, 3.63) is 53.9 Å². The van der Waals surface area contributed by atoms with Crippen LogP contribution >= 0.6 is 0 Å². The van der Waals surface area contributed by atoms with E-state index in [2.05, 4.69) is 9.97 Å². The minimum absolute atomic E-state index is 0.205. The Morgan fingerprint density at radius 3 is 3.12 bits per heavy atom. The minimum Gasteiger partial charge on any atom is -0.377 e. The summed E-state index contributed by atoms with van der Waals surface area (Å²) in [6, 6.07) is 6.29. The number of nitrogens with one attached hydrogen (secondary N) is 1. The van der Waals surface area contributed by atoms with Crippen molar-refractivity contribution < 1.29 is 13.9 Å². The molecule has 6 nitrogen and oxygen atoms in total. The van der Waals surface area contributed by atoms with Gasteiger partial charge in [-0.3, -0.25) is 4.79 Å². The van der Waals surface area contributed by atoms with Crippen molar-refractivity contribution in [1.82, 2.24) is 19.4 Å². The first-order valence-electron chi connectivity index (χ1n) is 7.77. The molecule has 1 amide bonds. The number of aromatic nitrogens is 3. The maximum Gasteiger partial charge on any atom is 0.256 e. The van der Waals surface area contributed by atoms with Crippen LogP contribution in [0.3, 0.4) is 0 Å². The van der Waals surface area contributed by atoms with Gasteiger partial charge in [0.1, 0.15) is 11.3 Å². The zero-order chi connectivity index (χ0) is 16.7. The highest BCUT2D eigenvalue weighted by Gasteiger charge is 2.32. The first kappa shape index (κ1) is 14.9. The number of halogens is 1. The molecule has 1 unspecified atom stereocenters. The molecule has 2 aromatic heterocycles. The Morgan fingerprint density at radius 1 is 1.46 bits per heavy atom. The van der Waals surface area contributed by atoms with Crippen LogP contribution in [0.1, 0.15) is 22.1 Å². The lowest BCUT2D eigenvalue weighted by atomic mass is 10.1. The molecule has 0 bridgehead atoms. The van der Waals surface area contributed by atoms with Gasteiger partial charge in [-0.25, -0.2) is 9.37 Å². The number of morpholine rings is 1. The Labute approximate surface area is 137 Å². The number of rotatable bonds is 2. The molecule has 1 aliphatic rings. The van der Waals surface area contributed by atoms with E-state index in [0.29, 0.717) is 30.8 Å². The third-order valence-electron chi connectivity index (χ3n) is 4.43. The van der Waals surface area contributed by atoms with Gasteiger partial charge in [-0.15, -0.1) is 0 Å². The molecule has 0 saturated carbocycles. The molecule has 7 heteroatoms. The smallest absolute Gasteiger partial charge is 0.256 e. The largest absolute Gasteiger partial charge is 0.377 e. The van der Waals surface area contributed by atoms with Crippen LogP contribution in [0, 0.1) is 5.82 Å². The van der Waals surface area contributed by atoms with Gasteiger partial charge in [0.05, 0.1) is 36.7 Å². The number of H-pyrrole nitrogens is 1. The quantitative estimate of drug-likeness (QED) is 0.785. The summed E-state index contributed by atoms with van der Waals surface area (Å²) in [4.78, 5) is 21.9. The number of fused-ring (bicyclic) bond motifs is 1. The number of benzene rings is 1. The van der Waals surface area contributed by atoms with Gasteiger partial charge in [-0.2, -0.15) is 0 Å². The van der Waals surface area contributed by atoms with E-state index in [1.54, 1.807) is 4.90 Å². The number of hydrogen-bond donors (Lipinski definition) is 1. The van der Waals surface area contributed by atoms with E-state index in [9.17, 15) is 9.18 Å². The summed E-state index contributed by atoms with van der Waals surface area (Å²) in [7, 11) is 1.93. The average Bonchev–Trinajstić information content (AvgIpc) is 3.22. The molecule has 1 N–H and O–H groups in total. The molecular weight excluding hydrogens is 311 g/mol. The van der Waals surface area contributed by atoms with Gasteiger partial charge in [0.25, 0.3) is 5.91 Å². The predicted octanol–water partition coefficient (Wildman–Crippen LogP) is 2.25. The van der Waals surface area contributed by atoms with Crippen LogP contribution in [0.2, 0.25) is 0 Å². The Kier molecular flexibility index (Phi) is 3.57. The summed E-state index contributed by atoms with van der Waals surface area (Å²) in [6.07, 6.45) is 3.40. The van der Waals surface area contributed by atoms with Crippen molar-refractivity contribution in [2.75, 3.05) is 19.8 Å². The molecule has 1 fully saturated rings. The monoisotopic (exact) mass is 328 g/mol. The van der Waals surface area contributed by atoms with E-state index in [1.165, 1.54) is 18.5 Å². The van der Waals surface area contributed by atoms with Gasteiger partial charge in [-0.05, 0) is 24.3 Å². The number of aromatic amines is 1. The summed E-state index contributed by atoms with van der Waals surface area (Å²) < 4.78 is 21.4. The highest BCUT2D eigenvalue weighted by Crippen LogP contribution is 2.28. The van der Waals surface area contributed by atoms with Crippen LogP contribution in [0.25, 0.3) is 11.0 Å². The molecule has 1 aliphatic heterocycles. The fourth-order valence-corrected chi connectivity index (χ4v) is 3.24. The van der Waals surface area contributed by atoms with Crippen LogP contribution in [-0.4, -0.2) is 45.1 Å². The topological polar surface area (TPSA) is 63.1 Å². The maximum atomic E-state index is 13.9. The van der Waals surface area contributed by atoms with Crippen LogP contribution < -0.4 is 0 Å². The molecule has 1 saturated heterocycles. The van der Waals surface area contributed by atoms with Gasteiger partial charge in [0.2, 0.25) is 0 Å². The van der Waals surface area contributed by atoms with Gasteiger partial charge < -0.3 is 19.2 Å². The fourth-order valence-electron chi connectivity index (χ4n) is 3.24. The predicted molar refractivity (Wildman–Crippen MR) is 86.1 cm³/mol. The highest BCUT2D eigenvalue weighted by atomic mass is 19.1. The summed E-state index contributed by atoms with van der Waals surface area (Å²) in [6.45, 7) is 1.34. The molecule has 4 rings (SSSR count). The molecule has 3 heterocycles. The zero-order valence-corrected chi connectivity index (χ0v) is 13.2. The van der Waals surface area contributed by atoms with Gasteiger partial charge in [0, 0.05) is 25.5 Å². The Bertz CT molecular complexity index is 901. The number of imidazole rings is 1. The third kappa shape index (κ3) is 2.37. The SMILES string of the molecule is Cn1cccc1C1COCCN1C(=O)c1cc(F)cc2[nH]cnc12. The Morgan fingerprint density at radius 2 is 2.33 bits per heavy atom. The molecule has 3 aromatic rings. The molecule has 0 spiro atoms. The van der Waals surface area contributed by atoms with Crippen molar-refractivity contribution in [2.24, 2.45) is 7.05 Å². The van der Waals surface area contributed by atoms with E-state index < -0.39 is 5.82 Å². The molecule has 24 heavy (non-hydrogen) atoms. The molecule has 0 radical (unpaired) electrons. The first-order chi connectivity index (χ1) is 11.6. The standard InChI is InChI=1S/C17H17FN4O2/c1-21-4-2-3-14(21)15-9-24-6-5-22(15)17(23)12-7-11(18)8-13-16(12)20-10-19-13/h2-4,7-8,10,15H,5-6,9H2,1H3,(H,19,20). The molecule has 0 aliphatic carbocycles. The van der Waals surface area contributed by atoms with E-state index in [-0.39, 0.29) is 17.5 Å². The van der Waals surface area contributed by atoms with Crippen molar-refractivity contribution in [2.45, 2.75) is 6.04 Å². The molecule has 1 aromatic carbocycles. The van der Waals surface area contributed by atoms with Crippen LogP contribution in [0.15, 0.2) is 36.8 Å². The number of amides is 1. The summed E-state index contributed by atoms with van der Waals surface area (Å²) in [5.41, 5.74) is 2.26. The third-order valence-corrected chi connectivity index (χ3v) is 4.43. The Hall–Kier alpha value is -2.67. The number of carbonyl (C=O) groups is 1. The van der Waals surface area contributed by atoms with Gasteiger partial charge in [-0.1, -0.05) is 0 Å². The van der Waals surface area contributed by atoms with Crippen molar-refractivity contribution in [1.29, 1.82) is 0 Å². The van der Waals surface area contributed by atoms with Gasteiger partial charge >= 0.3 is 0 Å². The molecule has 1 atom stereocenters. The number of nitrogens with zero attached hydrogens (tertiary/aromatic N) is 3. The number of ether oxygens (including phenoxy) is 1. The van der Waals surface area contributed by atoms with Crippen LogP contribution in [0.5, 0.6) is 0 Å². The van der Waals surface area contributed by atoms with Crippen LogP contribution in [0.4, 0.5) is 4.39 Å². The second-order valence-electron chi connectivity index (χ2n) is 5.89. The van der Waals surface area contributed by atoms with Crippen molar-refractivity contribution in [3.8, 4) is 0 Å².